The van der Waals surface area contributed by atoms with E-state index in [1.807, 2.05) is 31.2 Å². The number of aromatic nitrogens is 4. The summed E-state index contributed by atoms with van der Waals surface area (Å²) in [5, 5.41) is 8.45. The third kappa shape index (κ3) is 3.64. The molecule has 0 aliphatic heterocycles. The Bertz CT molecular complexity index is 1220. The van der Waals surface area contributed by atoms with E-state index < -0.39 is 0 Å². The van der Waals surface area contributed by atoms with Crippen LogP contribution in [0.15, 0.2) is 48.7 Å². The van der Waals surface area contributed by atoms with Crippen LogP contribution in [0.1, 0.15) is 16.1 Å². The number of nitrogens with one attached hydrogen (secondary N) is 1. The Labute approximate surface area is 172 Å². The smallest absolute Gasteiger partial charge is 0.257 e. The highest BCUT2D eigenvalue weighted by atomic mass is 35.5. The molecule has 4 rings (SSSR count). The lowest BCUT2D eigenvalue weighted by atomic mass is 10.0. The van der Waals surface area contributed by atoms with Crippen molar-refractivity contribution in [3.8, 4) is 17.0 Å². The maximum atomic E-state index is 13.1. The second-order valence-electron chi connectivity index (χ2n) is 6.51. The summed E-state index contributed by atoms with van der Waals surface area (Å²) in [6, 6.07) is 12.6. The summed E-state index contributed by atoms with van der Waals surface area (Å²) in [6.07, 6.45) is 1.48. The summed E-state index contributed by atoms with van der Waals surface area (Å²) in [5.41, 5.74) is 3.30. The number of anilines is 1. The van der Waals surface area contributed by atoms with Crippen LogP contribution < -0.4 is 10.1 Å². The molecule has 0 bridgehead atoms. The first-order chi connectivity index (χ1) is 14.0. The largest absolute Gasteiger partial charge is 0.497 e. The Morgan fingerprint density at radius 3 is 2.76 bits per heavy atom. The molecule has 0 saturated heterocycles. The number of carbonyl (C=O) groups excluding carboxylic acids is 1. The number of hydrogen-bond acceptors (Lipinski definition) is 5. The minimum Gasteiger partial charge on any atom is -0.497 e. The van der Waals surface area contributed by atoms with E-state index in [4.69, 9.17) is 21.3 Å². The second kappa shape index (κ2) is 7.52. The Kier molecular flexibility index (Phi) is 4.90. The van der Waals surface area contributed by atoms with E-state index in [2.05, 4.69) is 15.4 Å². The molecule has 0 saturated carbocycles. The lowest BCUT2D eigenvalue weighted by molar-refractivity contribution is 0.102. The molecule has 29 heavy (non-hydrogen) atoms. The Morgan fingerprint density at radius 1 is 1.21 bits per heavy atom. The number of rotatable bonds is 4. The SMILES string of the molecule is COc1cccc(-c2cc(C(=O)Nc3ccc(Cl)cn3)c3c(C)nn(C)c3n2)c1. The molecular weight excluding hydrogens is 390 g/mol. The topological polar surface area (TPSA) is 81.9 Å². The third-order valence-corrected chi connectivity index (χ3v) is 4.77. The van der Waals surface area contributed by atoms with Crippen LogP contribution in [0, 0.1) is 6.92 Å². The molecule has 7 nitrogen and oxygen atoms in total. The molecule has 3 heterocycles. The van der Waals surface area contributed by atoms with E-state index >= 15 is 0 Å². The standard InChI is InChI=1S/C21H18ClN5O2/c1-12-19-16(21(28)25-18-8-7-14(22)11-23-18)10-17(24-20(19)27(2)26-12)13-5-4-6-15(9-13)29-3/h4-11H,1-3H3,(H,23,25,28). The van der Waals surface area contributed by atoms with Gasteiger partial charge in [-0.1, -0.05) is 23.7 Å². The van der Waals surface area contributed by atoms with Gasteiger partial charge in [-0.2, -0.15) is 5.10 Å². The van der Waals surface area contributed by atoms with Crippen molar-refractivity contribution in [2.24, 2.45) is 7.05 Å². The molecule has 8 heteroatoms. The number of aryl methyl sites for hydroxylation is 2. The maximum absolute atomic E-state index is 13.1. The van der Waals surface area contributed by atoms with Gasteiger partial charge in [0.1, 0.15) is 11.6 Å². The van der Waals surface area contributed by atoms with Crippen LogP contribution in [-0.4, -0.2) is 32.8 Å². The van der Waals surface area contributed by atoms with E-state index in [-0.39, 0.29) is 5.91 Å². The molecule has 0 fully saturated rings. The number of hydrogen-bond donors (Lipinski definition) is 1. The predicted molar refractivity (Wildman–Crippen MR) is 112 cm³/mol. The zero-order valence-corrected chi connectivity index (χ0v) is 16.9. The highest BCUT2D eigenvalue weighted by Crippen LogP contribution is 2.29. The van der Waals surface area contributed by atoms with Gasteiger partial charge >= 0.3 is 0 Å². The number of benzene rings is 1. The van der Waals surface area contributed by atoms with Crippen molar-refractivity contribution in [3.05, 3.63) is 64.9 Å². The van der Waals surface area contributed by atoms with Crippen LogP contribution >= 0.6 is 11.6 Å². The van der Waals surface area contributed by atoms with Crippen LogP contribution in [0.5, 0.6) is 5.75 Å². The fraction of sp³-hybridized carbons (Fsp3) is 0.143. The van der Waals surface area contributed by atoms with Crippen molar-refractivity contribution >= 4 is 34.4 Å². The highest BCUT2D eigenvalue weighted by molar-refractivity contribution is 6.30. The molecule has 0 radical (unpaired) electrons. The number of halogens is 1. The Balaban J connectivity index is 1.84. The Morgan fingerprint density at radius 2 is 2.03 bits per heavy atom. The minimum atomic E-state index is -0.299. The first-order valence-corrected chi connectivity index (χ1v) is 9.25. The van der Waals surface area contributed by atoms with Gasteiger partial charge < -0.3 is 10.1 Å². The quantitative estimate of drug-likeness (QED) is 0.546. The Hall–Kier alpha value is -3.45. The fourth-order valence-corrected chi connectivity index (χ4v) is 3.30. The fourth-order valence-electron chi connectivity index (χ4n) is 3.19. The van der Waals surface area contributed by atoms with Crippen molar-refractivity contribution < 1.29 is 9.53 Å². The molecule has 4 aromatic rings. The maximum Gasteiger partial charge on any atom is 0.257 e. The van der Waals surface area contributed by atoms with E-state index in [1.165, 1.54) is 6.20 Å². The van der Waals surface area contributed by atoms with Crippen molar-refractivity contribution in [2.75, 3.05) is 12.4 Å². The van der Waals surface area contributed by atoms with E-state index in [0.29, 0.717) is 38.9 Å². The van der Waals surface area contributed by atoms with Crippen molar-refractivity contribution in [3.63, 3.8) is 0 Å². The lowest BCUT2D eigenvalue weighted by Gasteiger charge is -2.10. The predicted octanol–water partition coefficient (Wildman–Crippen LogP) is 4.25. The van der Waals surface area contributed by atoms with Gasteiger partial charge in [0, 0.05) is 18.8 Å². The number of ether oxygens (including phenoxy) is 1. The van der Waals surface area contributed by atoms with Crippen molar-refractivity contribution in [2.45, 2.75) is 6.92 Å². The summed E-state index contributed by atoms with van der Waals surface area (Å²) in [5.74, 6) is 0.822. The number of fused-ring (bicyclic) bond motifs is 1. The van der Waals surface area contributed by atoms with Gasteiger partial charge in [-0.25, -0.2) is 9.97 Å². The molecule has 0 atom stereocenters. The number of nitrogens with zero attached hydrogens (tertiary/aromatic N) is 4. The van der Waals surface area contributed by atoms with E-state index in [9.17, 15) is 4.79 Å². The molecule has 146 valence electrons. The highest BCUT2D eigenvalue weighted by Gasteiger charge is 2.20. The van der Waals surface area contributed by atoms with Gasteiger partial charge in [-0.15, -0.1) is 0 Å². The van der Waals surface area contributed by atoms with E-state index in [0.717, 1.165) is 11.3 Å². The van der Waals surface area contributed by atoms with Gasteiger partial charge in [0.2, 0.25) is 0 Å². The van der Waals surface area contributed by atoms with Crippen molar-refractivity contribution in [1.29, 1.82) is 0 Å². The van der Waals surface area contributed by atoms with E-state index in [1.54, 1.807) is 37.0 Å². The first-order valence-electron chi connectivity index (χ1n) is 8.88. The summed E-state index contributed by atoms with van der Waals surface area (Å²) in [7, 11) is 3.42. The van der Waals surface area contributed by atoms with Crippen LogP contribution in [0.2, 0.25) is 5.02 Å². The zero-order valence-electron chi connectivity index (χ0n) is 16.1. The van der Waals surface area contributed by atoms with Crippen molar-refractivity contribution in [1.82, 2.24) is 19.7 Å². The zero-order chi connectivity index (χ0) is 20.5. The van der Waals surface area contributed by atoms with Gasteiger partial charge in [0.05, 0.1) is 34.5 Å². The van der Waals surface area contributed by atoms with Crippen LogP contribution in [0.4, 0.5) is 5.82 Å². The average Bonchev–Trinajstić information content (AvgIpc) is 3.02. The molecule has 1 aromatic carbocycles. The summed E-state index contributed by atoms with van der Waals surface area (Å²) in [4.78, 5) is 22.0. The van der Waals surface area contributed by atoms with Gasteiger partial charge in [-0.3, -0.25) is 9.48 Å². The molecule has 0 unspecified atom stereocenters. The van der Waals surface area contributed by atoms with Gasteiger partial charge in [-0.05, 0) is 37.3 Å². The first kappa shape index (κ1) is 18.9. The number of amides is 1. The number of methoxy groups -OCH3 is 1. The number of pyridine rings is 2. The lowest BCUT2D eigenvalue weighted by Crippen LogP contribution is -2.14. The molecule has 3 aromatic heterocycles. The molecule has 0 aliphatic carbocycles. The summed E-state index contributed by atoms with van der Waals surface area (Å²) < 4.78 is 6.99. The minimum absolute atomic E-state index is 0.299. The second-order valence-corrected chi connectivity index (χ2v) is 6.95. The van der Waals surface area contributed by atoms with Gasteiger partial charge in [0.25, 0.3) is 5.91 Å². The summed E-state index contributed by atoms with van der Waals surface area (Å²) in [6.45, 7) is 1.85. The van der Waals surface area contributed by atoms with Crippen LogP contribution in [0.3, 0.4) is 0 Å². The molecule has 0 aliphatic rings. The third-order valence-electron chi connectivity index (χ3n) is 4.55. The average molecular weight is 408 g/mol. The molecule has 1 N–H and O–H groups in total. The molecule has 0 spiro atoms. The van der Waals surface area contributed by atoms with Crippen LogP contribution in [0.25, 0.3) is 22.3 Å². The summed E-state index contributed by atoms with van der Waals surface area (Å²) >= 11 is 5.88. The molecule has 1 amide bonds. The normalized spacial score (nSPS) is 10.9. The van der Waals surface area contributed by atoms with Crippen LogP contribution in [-0.2, 0) is 7.05 Å². The number of carbonyl (C=O) groups is 1. The van der Waals surface area contributed by atoms with Gasteiger partial charge in [0.15, 0.2) is 5.65 Å². The molecular formula is C21H18ClN5O2. The monoisotopic (exact) mass is 407 g/mol.